The highest BCUT2D eigenvalue weighted by atomic mass is 32.2. The molecular formula is C14H24N4O2S. The molecule has 1 atom stereocenters. The Hall–Kier alpha value is -1.18. The smallest absolute Gasteiger partial charge is 0.239 e. The Bertz CT molecular complexity index is 551. The van der Waals surface area contributed by atoms with Gasteiger partial charge in [0.2, 0.25) is 10.0 Å². The van der Waals surface area contributed by atoms with Gasteiger partial charge >= 0.3 is 0 Å². The second kappa shape index (κ2) is 6.72. The summed E-state index contributed by atoms with van der Waals surface area (Å²) in [6.07, 6.45) is 4.98. The molecule has 1 unspecified atom stereocenters. The summed E-state index contributed by atoms with van der Waals surface area (Å²) in [5.74, 6) is 0.782. The Morgan fingerprint density at radius 3 is 2.67 bits per heavy atom. The summed E-state index contributed by atoms with van der Waals surface area (Å²) in [7, 11) is -3.69. The van der Waals surface area contributed by atoms with E-state index in [1.165, 1.54) is 31.5 Å². The van der Waals surface area contributed by atoms with Crippen LogP contribution in [0.1, 0.15) is 33.1 Å². The number of nitrogens with zero attached hydrogens (tertiary/aromatic N) is 2. The third-order valence-corrected chi connectivity index (χ3v) is 4.69. The van der Waals surface area contributed by atoms with Crippen molar-refractivity contribution < 1.29 is 8.42 Å². The largest absolute Gasteiger partial charge is 0.353 e. The molecule has 21 heavy (non-hydrogen) atoms. The third-order valence-electron chi connectivity index (χ3n) is 3.80. The second-order valence-electron chi connectivity index (χ2n) is 5.79. The number of rotatable bonds is 5. The number of primary sulfonamides is 1. The van der Waals surface area contributed by atoms with Crippen molar-refractivity contribution in [1.82, 2.24) is 10.3 Å². The van der Waals surface area contributed by atoms with Gasteiger partial charge in [-0.15, -0.1) is 0 Å². The number of nitrogens with one attached hydrogen (secondary N) is 1. The molecule has 0 spiro atoms. The summed E-state index contributed by atoms with van der Waals surface area (Å²) in [5.41, 5.74) is 0. The molecular weight excluding hydrogens is 288 g/mol. The quantitative estimate of drug-likeness (QED) is 0.849. The van der Waals surface area contributed by atoms with E-state index < -0.39 is 10.0 Å². The van der Waals surface area contributed by atoms with Crippen LogP contribution < -0.4 is 15.4 Å². The van der Waals surface area contributed by atoms with Crippen LogP contribution in [0.25, 0.3) is 0 Å². The maximum atomic E-state index is 11.3. The van der Waals surface area contributed by atoms with Gasteiger partial charge in [-0.1, -0.05) is 6.42 Å². The van der Waals surface area contributed by atoms with Crippen LogP contribution in [-0.2, 0) is 10.0 Å². The maximum Gasteiger partial charge on any atom is 0.239 e. The molecule has 0 radical (unpaired) electrons. The molecule has 1 fully saturated rings. The Balaban J connectivity index is 2.14. The van der Waals surface area contributed by atoms with Crippen molar-refractivity contribution in [1.29, 1.82) is 0 Å². The van der Waals surface area contributed by atoms with E-state index in [0.717, 1.165) is 18.9 Å². The van der Waals surface area contributed by atoms with E-state index in [1.54, 1.807) is 6.07 Å². The average molecular weight is 312 g/mol. The van der Waals surface area contributed by atoms with Crippen molar-refractivity contribution in [2.75, 3.05) is 18.0 Å². The van der Waals surface area contributed by atoms with Crippen LogP contribution in [0.5, 0.6) is 0 Å². The Kier molecular flexibility index (Phi) is 5.18. The first-order valence-corrected chi connectivity index (χ1v) is 8.91. The van der Waals surface area contributed by atoms with E-state index in [9.17, 15) is 8.42 Å². The Morgan fingerprint density at radius 1 is 1.43 bits per heavy atom. The number of hydrogen-bond donors (Lipinski definition) is 2. The highest BCUT2D eigenvalue weighted by Crippen LogP contribution is 2.18. The summed E-state index contributed by atoms with van der Waals surface area (Å²) in [5, 5.41) is 8.63. The van der Waals surface area contributed by atoms with Gasteiger partial charge in [0.15, 0.2) is 0 Å². The molecule has 1 aromatic heterocycles. The van der Waals surface area contributed by atoms with Crippen LogP contribution >= 0.6 is 0 Å². The molecule has 0 saturated carbocycles. The predicted octanol–water partition coefficient (Wildman–Crippen LogP) is 1.09. The number of sulfonamides is 1. The topological polar surface area (TPSA) is 88.3 Å². The molecule has 0 bridgehead atoms. The molecule has 0 amide bonds. The molecule has 1 aliphatic rings. The zero-order valence-corrected chi connectivity index (χ0v) is 13.4. The molecule has 3 N–H and O–H groups in total. The van der Waals surface area contributed by atoms with Crippen molar-refractivity contribution in [2.45, 2.75) is 50.1 Å². The van der Waals surface area contributed by atoms with Crippen LogP contribution in [0, 0.1) is 0 Å². The van der Waals surface area contributed by atoms with Crippen molar-refractivity contribution >= 4 is 15.8 Å². The lowest BCUT2D eigenvalue weighted by Crippen LogP contribution is -2.46. The fourth-order valence-electron chi connectivity index (χ4n) is 2.60. The first-order chi connectivity index (χ1) is 9.88. The lowest BCUT2D eigenvalue weighted by Gasteiger charge is -2.34. The number of anilines is 1. The SMILES string of the molecule is CC(C)N(CC1CCCCN1)c1ccc(S(N)(=O)=O)cn1. The molecule has 0 aromatic carbocycles. The highest BCUT2D eigenvalue weighted by Gasteiger charge is 2.20. The van der Waals surface area contributed by atoms with Gasteiger partial charge in [-0.3, -0.25) is 0 Å². The maximum absolute atomic E-state index is 11.3. The molecule has 1 aliphatic heterocycles. The number of pyridine rings is 1. The highest BCUT2D eigenvalue weighted by molar-refractivity contribution is 7.89. The van der Waals surface area contributed by atoms with Crippen LogP contribution in [-0.4, -0.2) is 38.6 Å². The van der Waals surface area contributed by atoms with Crippen LogP contribution in [0.2, 0.25) is 0 Å². The third kappa shape index (κ3) is 4.39. The predicted molar refractivity (Wildman–Crippen MR) is 83.7 cm³/mol. The van der Waals surface area contributed by atoms with Crippen molar-refractivity contribution in [2.24, 2.45) is 5.14 Å². The summed E-state index contributed by atoms with van der Waals surface area (Å²) in [4.78, 5) is 6.51. The van der Waals surface area contributed by atoms with Gasteiger partial charge < -0.3 is 10.2 Å². The molecule has 7 heteroatoms. The molecule has 1 aromatic rings. The van der Waals surface area contributed by atoms with Crippen molar-refractivity contribution in [3.05, 3.63) is 18.3 Å². The number of hydrogen-bond acceptors (Lipinski definition) is 5. The first kappa shape index (κ1) is 16.2. The number of piperidine rings is 1. The van der Waals surface area contributed by atoms with Gasteiger partial charge in [-0.25, -0.2) is 18.5 Å². The van der Waals surface area contributed by atoms with E-state index in [2.05, 4.69) is 29.0 Å². The average Bonchev–Trinajstić information content (AvgIpc) is 2.45. The van der Waals surface area contributed by atoms with Gasteiger partial charge in [-0.2, -0.15) is 0 Å². The molecule has 1 saturated heterocycles. The summed E-state index contributed by atoms with van der Waals surface area (Å²) in [6, 6.07) is 3.99. The van der Waals surface area contributed by atoms with E-state index in [1.807, 2.05) is 0 Å². The van der Waals surface area contributed by atoms with Gasteiger partial charge in [0.25, 0.3) is 0 Å². The zero-order valence-electron chi connectivity index (χ0n) is 12.6. The molecule has 2 rings (SSSR count). The van der Waals surface area contributed by atoms with E-state index in [4.69, 9.17) is 5.14 Å². The van der Waals surface area contributed by atoms with Crippen molar-refractivity contribution in [3.8, 4) is 0 Å². The van der Waals surface area contributed by atoms with E-state index >= 15 is 0 Å². The molecule has 2 heterocycles. The van der Waals surface area contributed by atoms with E-state index in [-0.39, 0.29) is 4.90 Å². The Labute approximate surface area is 126 Å². The second-order valence-corrected chi connectivity index (χ2v) is 7.35. The molecule has 118 valence electrons. The lowest BCUT2D eigenvalue weighted by molar-refractivity contribution is 0.392. The monoisotopic (exact) mass is 312 g/mol. The fourth-order valence-corrected chi connectivity index (χ4v) is 3.05. The minimum absolute atomic E-state index is 0.0470. The van der Waals surface area contributed by atoms with Gasteiger partial charge in [0, 0.05) is 24.8 Å². The van der Waals surface area contributed by atoms with Crippen LogP contribution in [0.15, 0.2) is 23.2 Å². The first-order valence-electron chi connectivity index (χ1n) is 7.37. The standard InChI is InChI=1S/C14H24N4O2S/c1-11(2)18(10-12-5-3-4-8-16-12)14-7-6-13(9-17-14)21(15,19)20/h6-7,9,11-12,16H,3-5,8,10H2,1-2H3,(H2,15,19,20). The minimum Gasteiger partial charge on any atom is -0.353 e. The van der Waals surface area contributed by atoms with Gasteiger partial charge in [0.1, 0.15) is 10.7 Å². The van der Waals surface area contributed by atoms with Crippen LogP contribution in [0.3, 0.4) is 0 Å². The zero-order chi connectivity index (χ0) is 15.5. The van der Waals surface area contributed by atoms with E-state index in [0.29, 0.717) is 12.1 Å². The molecule has 6 nitrogen and oxygen atoms in total. The lowest BCUT2D eigenvalue weighted by atomic mass is 10.0. The Morgan fingerprint density at radius 2 is 2.19 bits per heavy atom. The number of aromatic nitrogens is 1. The summed E-state index contributed by atoms with van der Waals surface area (Å²) < 4.78 is 22.6. The molecule has 0 aliphatic carbocycles. The van der Waals surface area contributed by atoms with Crippen molar-refractivity contribution in [3.63, 3.8) is 0 Å². The minimum atomic E-state index is -3.69. The number of nitrogens with two attached hydrogens (primary N) is 1. The van der Waals surface area contributed by atoms with Crippen LogP contribution in [0.4, 0.5) is 5.82 Å². The summed E-state index contributed by atoms with van der Waals surface area (Å²) in [6.45, 7) is 6.16. The normalized spacial score (nSPS) is 19.7. The van der Waals surface area contributed by atoms with Gasteiger partial charge in [-0.05, 0) is 45.4 Å². The summed E-state index contributed by atoms with van der Waals surface area (Å²) >= 11 is 0. The fraction of sp³-hybridized carbons (Fsp3) is 0.643. The van der Waals surface area contributed by atoms with Gasteiger partial charge in [0.05, 0.1) is 0 Å².